The van der Waals surface area contributed by atoms with Gasteiger partial charge in [0.2, 0.25) is 0 Å². The number of nitrogen functional groups attached to an aromatic ring is 1. The van der Waals surface area contributed by atoms with E-state index in [1.807, 2.05) is 0 Å². The molecule has 6 heteroatoms. The number of anilines is 1. The number of aliphatic carboxylic acids is 1. The molecule has 2 aromatic carbocycles. The summed E-state index contributed by atoms with van der Waals surface area (Å²) in [5.41, 5.74) is 5.80. The van der Waals surface area contributed by atoms with Gasteiger partial charge in [0.05, 0.1) is 11.1 Å². The molecule has 0 saturated heterocycles. The molecule has 0 fully saturated rings. The van der Waals surface area contributed by atoms with Gasteiger partial charge < -0.3 is 10.8 Å². The molecular weight excluding hydrogens is 295 g/mol. The van der Waals surface area contributed by atoms with Gasteiger partial charge in [-0.1, -0.05) is 30.3 Å². The van der Waals surface area contributed by atoms with Crippen molar-refractivity contribution < 1.29 is 23.1 Å². The lowest BCUT2D eigenvalue weighted by Crippen LogP contribution is -2.04. The third-order valence-corrected chi connectivity index (χ3v) is 3.03. The van der Waals surface area contributed by atoms with Crippen LogP contribution in [0.15, 0.2) is 48.5 Å². The van der Waals surface area contributed by atoms with E-state index in [4.69, 9.17) is 5.73 Å². The fourth-order valence-corrected chi connectivity index (χ4v) is 1.93. The average Bonchev–Trinajstić information content (AvgIpc) is 2.45. The zero-order chi connectivity index (χ0) is 16.3. The van der Waals surface area contributed by atoms with Crippen LogP contribution in [0.25, 0.3) is 11.6 Å². The van der Waals surface area contributed by atoms with E-state index in [2.05, 4.69) is 0 Å². The first-order chi connectivity index (χ1) is 10.3. The molecule has 0 aliphatic rings. The fraction of sp³-hybridized carbons (Fsp3) is 0.0625. The third kappa shape index (κ3) is 3.46. The molecule has 0 aliphatic carbocycles. The fourth-order valence-electron chi connectivity index (χ4n) is 1.93. The second kappa shape index (κ2) is 5.93. The van der Waals surface area contributed by atoms with Crippen LogP contribution in [-0.4, -0.2) is 11.1 Å². The quantitative estimate of drug-likeness (QED) is 0.513. The van der Waals surface area contributed by atoms with Crippen molar-refractivity contribution in [1.29, 1.82) is 0 Å². The Morgan fingerprint density at radius 3 is 2.14 bits per heavy atom. The Labute approximate surface area is 124 Å². The van der Waals surface area contributed by atoms with E-state index < -0.39 is 17.7 Å². The number of halogens is 3. The zero-order valence-corrected chi connectivity index (χ0v) is 11.3. The number of para-hydroxylation sites is 1. The highest BCUT2D eigenvalue weighted by molar-refractivity contribution is 6.22. The molecule has 0 heterocycles. The highest BCUT2D eigenvalue weighted by Gasteiger charge is 2.29. The monoisotopic (exact) mass is 307 g/mol. The lowest BCUT2D eigenvalue weighted by Gasteiger charge is -2.08. The molecule has 0 spiro atoms. The maximum absolute atomic E-state index is 12.5. The van der Waals surface area contributed by atoms with E-state index in [0.29, 0.717) is 11.1 Å². The smallest absolute Gasteiger partial charge is 0.416 e. The van der Waals surface area contributed by atoms with E-state index in [0.717, 1.165) is 12.1 Å². The van der Waals surface area contributed by atoms with Crippen molar-refractivity contribution in [3.05, 3.63) is 65.2 Å². The summed E-state index contributed by atoms with van der Waals surface area (Å²) in [6, 6.07) is 10.6. The van der Waals surface area contributed by atoms with Crippen LogP contribution in [0.1, 0.15) is 16.7 Å². The van der Waals surface area contributed by atoms with Crippen LogP contribution in [0.5, 0.6) is 0 Å². The minimum absolute atomic E-state index is 0.0853. The maximum Gasteiger partial charge on any atom is 0.416 e. The summed E-state index contributed by atoms with van der Waals surface area (Å²) in [7, 11) is 0. The summed E-state index contributed by atoms with van der Waals surface area (Å²) in [5, 5.41) is 9.29. The summed E-state index contributed by atoms with van der Waals surface area (Å²) in [6.45, 7) is 0. The zero-order valence-electron chi connectivity index (χ0n) is 11.3. The molecular formula is C16H12F3NO2. The molecule has 0 unspecified atom stereocenters. The molecule has 0 amide bonds. The molecule has 3 N–H and O–H groups in total. The molecule has 0 atom stereocenters. The summed E-state index contributed by atoms with van der Waals surface area (Å²) >= 11 is 0. The highest BCUT2D eigenvalue weighted by Crippen LogP contribution is 2.30. The van der Waals surface area contributed by atoms with Gasteiger partial charge >= 0.3 is 12.1 Å². The first-order valence-corrected chi connectivity index (χ1v) is 6.26. The molecule has 114 valence electrons. The minimum atomic E-state index is -4.43. The average molecular weight is 307 g/mol. The summed E-state index contributed by atoms with van der Waals surface area (Å²) in [4.78, 5) is 11.4. The molecule has 3 nitrogen and oxygen atoms in total. The number of benzene rings is 2. The standard InChI is InChI=1S/C16H12F3NO2/c17-16(18,19)11-7-5-10(6-8-11)9-13(15(21)22)12-3-1-2-4-14(12)20/h1-9H,20H2,(H,21,22)/b13-9+. The van der Waals surface area contributed by atoms with Crippen molar-refractivity contribution in [2.24, 2.45) is 0 Å². The predicted molar refractivity (Wildman–Crippen MR) is 77.8 cm³/mol. The van der Waals surface area contributed by atoms with Crippen molar-refractivity contribution in [3.8, 4) is 0 Å². The maximum atomic E-state index is 12.5. The van der Waals surface area contributed by atoms with Crippen molar-refractivity contribution in [1.82, 2.24) is 0 Å². The Balaban J connectivity index is 2.44. The Morgan fingerprint density at radius 1 is 1.05 bits per heavy atom. The van der Waals surface area contributed by atoms with Crippen LogP contribution in [0, 0.1) is 0 Å². The summed E-state index contributed by atoms with van der Waals surface area (Å²) in [5.74, 6) is -1.21. The van der Waals surface area contributed by atoms with Gasteiger partial charge in [-0.2, -0.15) is 13.2 Å². The topological polar surface area (TPSA) is 63.3 Å². The van der Waals surface area contributed by atoms with Crippen LogP contribution in [0.2, 0.25) is 0 Å². The lowest BCUT2D eigenvalue weighted by atomic mass is 10.0. The molecule has 0 saturated carbocycles. The van der Waals surface area contributed by atoms with E-state index >= 15 is 0 Å². The normalized spacial score (nSPS) is 12.2. The molecule has 0 radical (unpaired) electrons. The van der Waals surface area contributed by atoms with Gasteiger partial charge in [0.25, 0.3) is 0 Å². The molecule has 0 bridgehead atoms. The molecule has 22 heavy (non-hydrogen) atoms. The Morgan fingerprint density at radius 2 is 1.64 bits per heavy atom. The van der Waals surface area contributed by atoms with Crippen molar-refractivity contribution in [3.63, 3.8) is 0 Å². The number of carboxylic acid groups (broad SMARTS) is 1. The minimum Gasteiger partial charge on any atom is -0.478 e. The van der Waals surface area contributed by atoms with Crippen LogP contribution < -0.4 is 5.73 Å². The van der Waals surface area contributed by atoms with Crippen LogP contribution in [0.3, 0.4) is 0 Å². The van der Waals surface area contributed by atoms with Crippen LogP contribution in [-0.2, 0) is 11.0 Å². The molecule has 2 aromatic rings. The van der Waals surface area contributed by atoms with Gasteiger partial charge in [-0.15, -0.1) is 0 Å². The van der Waals surface area contributed by atoms with Gasteiger partial charge in [-0.05, 0) is 29.8 Å². The van der Waals surface area contributed by atoms with Crippen molar-refractivity contribution >= 4 is 23.3 Å². The van der Waals surface area contributed by atoms with E-state index in [9.17, 15) is 23.1 Å². The summed E-state index contributed by atoms with van der Waals surface area (Å²) < 4.78 is 37.5. The van der Waals surface area contributed by atoms with Gasteiger partial charge in [0.15, 0.2) is 0 Å². The number of hydrogen-bond donors (Lipinski definition) is 2. The van der Waals surface area contributed by atoms with Crippen LogP contribution >= 0.6 is 0 Å². The lowest BCUT2D eigenvalue weighted by molar-refractivity contribution is -0.137. The first kappa shape index (κ1) is 15.6. The second-order valence-electron chi connectivity index (χ2n) is 4.57. The van der Waals surface area contributed by atoms with Crippen molar-refractivity contribution in [2.75, 3.05) is 5.73 Å². The number of nitrogens with two attached hydrogens (primary N) is 1. The van der Waals surface area contributed by atoms with Crippen molar-refractivity contribution in [2.45, 2.75) is 6.18 Å². The largest absolute Gasteiger partial charge is 0.478 e. The Hall–Kier alpha value is -2.76. The number of alkyl halides is 3. The van der Waals surface area contributed by atoms with Gasteiger partial charge in [0, 0.05) is 11.3 Å². The van der Waals surface area contributed by atoms with E-state index in [1.165, 1.54) is 18.2 Å². The third-order valence-electron chi connectivity index (χ3n) is 3.03. The highest BCUT2D eigenvalue weighted by atomic mass is 19.4. The summed E-state index contributed by atoms with van der Waals surface area (Å²) in [6.07, 6.45) is -3.14. The van der Waals surface area contributed by atoms with E-state index in [-0.39, 0.29) is 11.3 Å². The Kier molecular flexibility index (Phi) is 4.21. The number of carbonyl (C=O) groups is 1. The SMILES string of the molecule is Nc1ccccc1/C(=C\c1ccc(C(F)(F)F)cc1)C(=O)O. The number of carboxylic acids is 1. The van der Waals surface area contributed by atoms with Crippen LogP contribution in [0.4, 0.5) is 18.9 Å². The van der Waals surface area contributed by atoms with Gasteiger partial charge in [-0.25, -0.2) is 4.79 Å². The first-order valence-electron chi connectivity index (χ1n) is 6.26. The van der Waals surface area contributed by atoms with Gasteiger partial charge in [-0.3, -0.25) is 0 Å². The molecule has 2 rings (SSSR count). The Bertz CT molecular complexity index is 719. The second-order valence-corrected chi connectivity index (χ2v) is 4.57. The number of hydrogen-bond acceptors (Lipinski definition) is 2. The molecule has 0 aromatic heterocycles. The predicted octanol–water partition coefficient (Wildman–Crippen LogP) is 3.91. The molecule has 0 aliphatic heterocycles. The van der Waals surface area contributed by atoms with Gasteiger partial charge in [0.1, 0.15) is 0 Å². The van der Waals surface area contributed by atoms with E-state index in [1.54, 1.807) is 24.3 Å². The number of rotatable bonds is 3.